The maximum absolute atomic E-state index is 11.1. The third kappa shape index (κ3) is 2.90. The van der Waals surface area contributed by atoms with Crippen LogP contribution in [0.1, 0.15) is 12.0 Å². The van der Waals surface area contributed by atoms with Gasteiger partial charge in [-0.25, -0.2) is 4.79 Å². The molecule has 0 bridgehead atoms. The van der Waals surface area contributed by atoms with Gasteiger partial charge in [0.05, 0.1) is 22.9 Å². The lowest BCUT2D eigenvalue weighted by Gasteiger charge is -2.03. The van der Waals surface area contributed by atoms with Crippen LogP contribution >= 0.6 is 23.2 Å². The van der Waals surface area contributed by atoms with Crippen LogP contribution in [0.4, 0.5) is 0 Å². The monoisotopic (exact) mass is 273 g/mol. The minimum Gasteiger partial charge on any atom is -0.463 e. The predicted molar refractivity (Wildman–Crippen MR) is 64.5 cm³/mol. The number of nitrogens with zero attached hydrogens (tertiary/aromatic N) is 1. The van der Waals surface area contributed by atoms with Crippen LogP contribution in [0.3, 0.4) is 0 Å². The first-order valence-corrected chi connectivity index (χ1v) is 5.74. The van der Waals surface area contributed by atoms with Gasteiger partial charge in [-0.1, -0.05) is 34.4 Å². The van der Waals surface area contributed by atoms with E-state index in [0.29, 0.717) is 28.6 Å². The zero-order valence-electron chi connectivity index (χ0n) is 8.73. The van der Waals surface area contributed by atoms with Crippen LogP contribution in [0.25, 0.3) is 0 Å². The second-order valence-electron chi connectivity index (χ2n) is 3.42. The molecule has 1 heterocycles. The third-order valence-corrected chi connectivity index (χ3v) is 2.92. The second kappa shape index (κ2) is 5.38. The maximum atomic E-state index is 11.1. The van der Waals surface area contributed by atoms with Gasteiger partial charge in [0.15, 0.2) is 0 Å². The Morgan fingerprint density at radius 3 is 2.71 bits per heavy atom. The van der Waals surface area contributed by atoms with E-state index in [1.54, 1.807) is 18.2 Å². The lowest BCUT2D eigenvalue weighted by molar-refractivity contribution is -0.147. The number of carbonyl (C=O) groups is 1. The highest BCUT2D eigenvalue weighted by atomic mass is 35.5. The Hall–Kier alpha value is -1.26. The molecule has 0 radical (unpaired) electrons. The van der Waals surface area contributed by atoms with Crippen molar-refractivity contribution in [1.82, 2.24) is 0 Å². The molecule has 1 aliphatic rings. The van der Waals surface area contributed by atoms with Crippen LogP contribution in [0.5, 0.6) is 0 Å². The summed E-state index contributed by atoms with van der Waals surface area (Å²) in [6.45, 7) is 0.367. The van der Waals surface area contributed by atoms with Gasteiger partial charge in [-0.2, -0.15) is 0 Å². The lowest BCUT2D eigenvalue weighted by atomic mass is 10.2. The van der Waals surface area contributed by atoms with Crippen LogP contribution in [-0.2, 0) is 14.4 Å². The molecule has 0 aromatic heterocycles. The Balaban J connectivity index is 2.03. The minimum atomic E-state index is -0.632. The average Bonchev–Trinajstić information content (AvgIpc) is 2.69. The fourth-order valence-corrected chi connectivity index (χ4v) is 1.86. The van der Waals surface area contributed by atoms with Crippen molar-refractivity contribution in [3.05, 3.63) is 33.8 Å². The molecule has 0 amide bonds. The third-order valence-electron chi connectivity index (χ3n) is 2.26. The second-order valence-corrected chi connectivity index (χ2v) is 4.23. The Kier molecular flexibility index (Phi) is 3.86. The summed E-state index contributed by atoms with van der Waals surface area (Å²) in [4.78, 5) is 16.1. The quantitative estimate of drug-likeness (QED) is 0.483. The zero-order valence-corrected chi connectivity index (χ0v) is 10.2. The fourth-order valence-electron chi connectivity index (χ4n) is 1.36. The van der Waals surface area contributed by atoms with E-state index >= 15 is 0 Å². The van der Waals surface area contributed by atoms with Crippen LogP contribution < -0.4 is 0 Å². The van der Waals surface area contributed by atoms with Gasteiger partial charge in [0.1, 0.15) is 0 Å². The molecule has 1 aromatic carbocycles. The average molecular weight is 274 g/mol. The molecule has 1 aliphatic heterocycles. The molecule has 90 valence electrons. The summed E-state index contributed by atoms with van der Waals surface area (Å²) >= 11 is 11.9. The van der Waals surface area contributed by atoms with E-state index in [0.717, 1.165) is 0 Å². The van der Waals surface area contributed by atoms with Gasteiger partial charge in [0.2, 0.25) is 6.10 Å². The number of rotatable bonds is 3. The van der Waals surface area contributed by atoms with Crippen molar-refractivity contribution in [3.63, 3.8) is 0 Å². The summed E-state index contributed by atoms with van der Waals surface area (Å²) in [5.41, 5.74) is 0.558. The van der Waals surface area contributed by atoms with E-state index in [1.165, 1.54) is 6.21 Å². The first-order chi connectivity index (χ1) is 8.18. The standard InChI is InChI=1S/C11H9Cl2NO3/c12-8-2-1-3-9(13)7(8)6-14-17-10-4-5-16-11(10)15/h1-3,6,10H,4-5H2/b14-6+. The Labute approximate surface area is 108 Å². The molecule has 1 saturated heterocycles. The minimum absolute atomic E-state index is 0.367. The van der Waals surface area contributed by atoms with E-state index in [9.17, 15) is 4.79 Å². The molecule has 0 N–H and O–H groups in total. The molecule has 1 fully saturated rings. The number of benzene rings is 1. The van der Waals surface area contributed by atoms with Gasteiger partial charge in [0, 0.05) is 12.0 Å². The van der Waals surface area contributed by atoms with Crippen molar-refractivity contribution in [3.8, 4) is 0 Å². The van der Waals surface area contributed by atoms with Crippen LogP contribution in [0, 0.1) is 0 Å². The van der Waals surface area contributed by atoms with E-state index < -0.39 is 12.1 Å². The largest absolute Gasteiger partial charge is 0.463 e. The van der Waals surface area contributed by atoms with Crippen molar-refractivity contribution >= 4 is 35.4 Å². The number of carbonyl (C=O) groups excluding carboxylic acids is 1. The molecule has 0 aliphatic carbocycles. The van der Waals surface area contributed by atoms with Gasteiger partial charge < -0.3 is 9.57 Å². The Morgan fingerprint density at radius 1 is 1.41 bits per heavy atom. The number of hydrogen-bond donors (Lipinski definition) is 0. The number of oxime groups is 1. The highest BCUT2D eigenvalue weighted by Crippen LogP contribution is 2.22. The number of hydrogen-bond acceptors (Lipinski definition) is 4. The van der Waals surface area contributed by atoms with Crippen molar-refractivity contribution in [2.24, 2.45) is 5.16 Å². The van der Waals surface area contributed by atoms with Crippen LogP contribution in [0.2, 0.25) is 10.0 Å². The molecule has 1 aromatic rings. The normalized spacial score (nSPS) is 19.6. The van der Waals surface area contributed by atoms with E-state index in [2.05, 4.69) is 5.16 Å². The topological polar surface area (TPSA) is 47.9 Å². The smallest absolute Gasteiger partial charge is 0.350 e. The van der Waals surface area contributed by atoms with Crippen LogP contribution in [0.15, 0.2) is 23.4 Å². The Bertz CT molecular complexity index is 442. The summed E-state index contributed by atoms with van der Waals surface area (Å²) in [6, 6.07) is 5.12. The van der Waals surface area contributed by atoms with E-state index in [1.807, 2.05) is 0 Å². The van der Waals surface area contributed by atoms with Crippen molar-refractivity contribution in [2.45, 2.75) is 12.5 Å². The fraction of sp³-hybridized carbons (Fsp3) is 0.273. The SMILES string of the molecule is O=C1OCCC1O/N=C/c1c(Cl)cccc1Cl. The molecule has 1 unspecified atom stereocenters. The molecule has 0 saturated carbocycles. The zero-order chi connectivity index (χ0) is 12.3. The molecule has 2 rings (SSSR count). The summed E-state index contributed by atoms with van der Waals surface area (Å²) in [5, 5.41) is 4.64. The number of ether oxygens (including phenoxy) is 1. The molecular formula is C11H9Cl2NO3. The maximum Gasteiger partial charge on any atom is 0.350 e. The number of cyclic esters (lactones) is 1. The first-order valence-electron chi connectivity index (χ1n) is 4.98. The highest BCUT2D eigenvalue weighted by Gasteiger charge is 2.28. The predicted octanol–water partition coefficient (Wildman–Crippen LogP) is 2.66. The van der Waals surface area contributed by atoms with Gasteiger partial charge in [0.25, 0.3) is 0 Å². The van der Waals surface area contributed by atoms with Crippen molar-refractivity contribution in [1.29, 1.82) is 0 Å². The summed E-state index contributed by atoms with van der Waals surface area (Å²) in [7, 11) is 0. The highest BCUT2D eigenvalue weighted by molar-refractivity contribution is 6.38. The van der Waals surface area contributed by atoms with Crippen LogP contribution in [-0.4, -0.2) is 24.9 Å². The summed E-state index contributed by atoms with van der Waals surface area (Å²) in [5.74, 6) is -0.396. The van der Waals surface area contributed by atoms with Crippen molar-refractivity contribution < 1.29 is 14.4 Å². The molecular weight excluding hydrogens is 265 g/mol. The number of esters is 1. The Morgan fingerprint density at radius 2 is 2.12 bits per heavy atom. The first kappa shape index (κ1) is 12.2. The molecule has 4 nitrogen and oxygen atoms in total. The summed E-state index contributed by atoms with van der Waals surface area (Å²) < 4.78 is 4.73. The molecule has 6 heteroatoms. The van der Waals surface area contributed by atoms with Crippen molar-refractivity contribution in [2.75, 3.05) is 6.61 Å². The molecule has 0 spiro atoms. The molecule has 1 atom stereocenters. The number of halogens is 2. The molecule has 17 heavy (non-hydrogen) atoms. The van der Waals surface area contributed by atoms with Gasteiger partial charge in [-0.05, 0) is 12.1 Å². The van der Waals surface area contributed by atoms with E-state index in [4.69, 9.17) is 32.8 Å². The van der Waals surface area contributed by atoms with E-state index in [-0.39, 0.29) is 0 Å². The van der Waals surface area contributed by atoms with Gasteiger partial charge >= 0.3 is 5.97 Å². The van der Waals surface area contributed by atoms with Gasteiger partial charge in [-0.3, -0.25) is 0 Å². The summed E-state index contributed by atoms with van der Waals surface area (Å²) in [6.07, 6.45) is 1.26. The van der Waals surface area contributed by atoms with Gasteiger partial charge in [-0.15, -0.1) is 0 Å². The lowest BCUT2D eigenvalue weighted by Crippen LogP contribution is -2.15.